The molecule has 3 heterocycles. The summed E-state index contributed by atoms with van der Waals surface area (Å²) in [5.74, 6) is -1.15. The molecule has 8 heteroatoms. The Hall–Kier alpha value is -2.06. The Morgan fingerprint density at radius 1 is 1.28 bits per heavy atom. The van der Waals surface area contributed by atoms with Gasteiger partial charge < -0.3 is 15.4 Å². The fourth-order valence-corrected chi connectivity index (χ4v) is 3.96. The van der Waals surface area contributed by atoms with E-state index in [1.54, 1.807) is 4.68 Å². The molecule has 0 amide bonds. The van der Waals surface area contributed by atoms with E-state index in [2.05, 4.69) is 20.7 Å². The molecule has 2 aromatic heterocycles. The number of ether oxygens (including phenoxy) is 1. The van der Waals surface area contributed by atoms with Crippen molar-refractivity contribution in [3.8, 4) is 5.82 Å². The molecule has 0 aromatic carbocycles. The topological polar surface area (TPSA) is 64.0 Å². The van der Waals surface area contributed by atoms with Crippen LogP contribution in [-0.2, 0) is 11.3 Å². The highest BCUT2D eigenvalue weighted by molar-refractivity contribution is 5.44. The number of aryl methyl sites for hydroxylation is 1. The third kappa shape index (κ3) is 5.51. The minimum atomic E-state index is -2.53. The average Bonchev–Trinajstić information content (AvgIpc) is 3.15. The molecule has 2 aliphatic rings. The zero-order valence-corrected chi connectivity index (χ0v) is 16.8. The van der Waals surface area contributed by atoms with Crippen molar-refractivity contribution in [3.63, 3.8) is 0 Å². The van der Waals surface area contributed by atoms with E-state index in [1.165, 1.54) is 0 Å². The average molecular weight is 405 g/mol. The lowest BCUT2D eigenvalue weighted by atomic mass is 9.92. The summed E-state index contributed by atoms with van der Waals surface area (Å²) < 4.78 is 34.8. The third-order valence-corrected chi connectivity index (χ3v) is 5.64. The van der Waals surface area contributed by atoms with E-state index in [0.717, 1.165) is 37.2 Å². The molecule has 2 N–H and O–H groups in total. The van der Waals surface area contributed by atoms with Crippen molar-refractivity contribution in [2.45, 2.75) is 70.1 Å². The molecule has 29 heavy (non-hydrogen) atoms. The highest BCUT2D eigenvalue weighted by atomic mass is 19.3. The Kier molecular flexibility index (Phi) is 6.10. The van der Waals surface area contributed by atoms with Gasteiger partial charge in [0.1, 0.15) is 5.82 Å². The summed E-state index contributed by atoms with van der Waals surface area (Å²) in [6.07, 6.45) is 5.00. The largest absolute Gasteiger partial charge is 0.372 e. The smallest absolute Gasteiger partial charge is 0.248 e. The normalized spacial score (nSPS) is 22.5. The first-order chi connectivity index (χ1) is 14.0. The molecule has 2 aromatic rings. The Balaban J connectivity index is 1.49. The van der Waals surface area contributed by atoms with Crippen LogP contribution in [0.1, 0.15) is 49.8 Å². The highest BCUT2D eigenvalue weighted by Gasteiger charge is 2.35. The minimum absolute atomic E-state index is 0.00745. The number of alkyl halides is 2. The number of aromatic nitrogens is 3. The Morgan fingerprint density at radius 3 is 2.79 bits per heavy atom. The Labute approximate surface area is 170 Å². The summed E-state index contributed by atoms with van der Waals surface area (Å²) in [6, 6.07) is 5.87. The molecule has 1 aliphatic carbocycles. The number of nitrogens with zero attached hydrogens (tertiary/aromatic N) is 3. The van der Waals surface area contributed by atoms with Crippen LogP contribution in [0.25, 0.3) is 5.82 Å². The van der Waals surface area contributed by atoms with Crippen molar-refractivity contribution >= 4 is 5.82 Å². The first-order valence-electron chi connectivity index (χ1n) is 10.5. The van der Waals surface area contributed by atoms with Crippen molar-refractivity contribution in [1.29, 1.82) is 0 Å². The Morgan fingerprint density at radius 2 is 2.10 bits per heavy atom. The van der Waals surface area contributed by atoms with Gasteiger partial charge in [-0.1, -0.05) is 0 Å². The molecular formula is C21H29F2N5O. The number of pyridine rings is 1. The molecule has 1 saturated carbocycles. The SMILES string of the molecule is Cc1ccn(-c2cc(COC3CCCNC3)cc(NC3CCC(F)(F)CC3)n2)n1. The van der Waals surface area contributed by atoms with Gasteiger partial charge in [0.2, 0.25) is 5.92 Å². The second-order valence-electron chi connectivity index (χ2n) is 8.17. The van der Waals surface area contributed by atoms with Crippen molar-refractivity contribution in [2.24, 2.45) is 0 Å². The second-order valence-corrected chi connectivity index (χ2v) is 8.17. The second kappa shape index (κ2) is 8.75. The summed E-state index contributed by atoms with van der Waals surface area (Å²) in [7, 11) is 0. The lowest BCUT2D eigenvalue weighted by Gasteiger charge is -2.29. The molecule has 1 atom stereocenters. The number of rotatable bonds is 6. The van der Waals surface area contributed by atoms with Crippen molar-refractivity contribution in [1.82, 2.24) is 20.1 Å². The van der Waals surface area contributed by atoms with Crippen LogP contribution in [0.3, 0.4) is 0 Å². The minimum Gasteiger partial charge on any atom is -0.372 e. The predicted octanol–water partition coefficient (Wildman–Crippen LogP) is 3.83. The van der Waals surface area contributed by atoms with Crippen LogP contribution in [0.4, 0.5) is 14.6 Å². The first kappa shape index (κ1) is 20.2. The number of halogens is 2. The van der Waals surface area contributed by atoms with Crippen molar-refractivity contribution in [2.75, 3.05) is 18.4 Å². The number of hydrogen-bond donors (Lipinski definition) is 2. The summed E-state index contributed by atoms with van der Waals surface area (Å²) in [4.78, 5) is 4.68. The predicted molar refractivity (Wildman–Crippen MR) is 108 cm³/mol. The number of nitrogens with one attached hydrogen (secondary N) is 2. The van der Waals surface area contributed by atoms with Gasteiger partial charge in [0.05, 0.1) is 18.4 Å². The van der Waals surface area contributed by atoms with Crippen LogP contribution < -0.4 is 10.6 Å². The fraction of sp³-hybridized carbons (Fsp3) is 0.619. The molecular weight excluding hydrogens is 376 g/mol. The van der Waals surface area contributed by atoms with E-state index in [-0.39, 0.29) is 25.0 Å². The van der Waals surface area contributed by atoms with E-state index in [1.807, 2.05) is 31.3 Å². The lowest BCUT2D eigenvalue weighted by molar-refractivity contribution is -0.0361. The van der Waals surface area contributed by atoms with Crippen LogP contribution in [0.5, 0.6) is 0 Å². The van der Waals surface area contributed by atoms with E-state index in [0.29, 0.717) is 31.1 Å². The van der Waals surface area contributed by atoms with Gasteiger partial charge in [-0.2, -0.15) is 5.10 Å². The molecule has 1 saturated heterocycles. The van der Waals surface area contributed by atoms with Crippen LogP contribution >= 0.6 is 0 Å². The van der Waals surface area contributed by atoms with Gasteiger partial charge in [-0.3, -0.25) is 0 Å². The van der Waals surface area contributed by atoms with Gasteiger partial charge >= 0.3 is 0 Å². The van der Waals surface area contributed by atoms with Gasteiger partial charge in [0.15, 0.2) is 5.82 Å². The maximum Gasteiger partial charge on any atom is 0.248 e. The summed E-state index contributed by atoms with van der Waals surface area (Å²) >= 11 is 0. The van der Waals surface area contributed by atoms with Crippen LogP contribution in [0.15, 0.2) is 24.4 Å². The molecule has 0 bridgehead atoms. The van der Waals surface area contributed by atoms with Crippen LogP contribution in [0, 0.1) is 6.92 Å². The van der Waals surface area contributed by atoms with Crippen LogP contribution in [0.2, 0.25) is 0 Å². The van der Waals surface area contributed by atoms with Gasteiger partial charge in [0.25, 0.3) is 0 Å². The zero-order valence-electron chi connectivity index (χ0n) is 16.8. The van der Waals surface area contributed by atoms with Crippen LogP contribution in [-0.4, -0.2) is 45.9 Å². The number of hydrogen-bond acceptors (Lipinski definition) is 5. The van der Waals surface area contributed by atoms with Gasteiger partial charge in [-0.25, -0.2) is 18.4 Å². The van der Waals surface area contributed by atoms with Crippen molar-refractivity contribution in [3.05, 3.63) is 35.7 Å². The number of piperidine rings is 1. The molecule has 4 rings (SSSR count). The zero-order chi connectivity index (χ0) is 20.3. The third-order valence-electron chi connectivity index (χ3n) is 5.64. The molecule has 0 radical (unpaired) electrons. The number of anilines is 1. The van der Waals surface area contributed by atoms with Gasteiger partial charge in [-0.05, 0) is 62.9 Å². The molecule has 1 aliphatic heterocycles. The standard InChI is InChI=1S/C21H29F2N5O/c1-15-6-10-28(27-15)20-12-16(14-29-18-3-2-9-24-13-18)11-19(26-20)25-17-4-7-21(22,23)8-5-17/h6,10-12,17-18,24H,2-5,7-9,13-14H2,1H3,(H,25,26). The maximum absolute atomic E-state index is 13.5. The highest BCUT2D eigenvalue weighted by Crippen LogP contribution is 2.34. The fourth-order valence-electron chi connectivity index (χ4n) is 3.96. The van der Waals surface area contributed by atoms with Gasteiger partial charge in [-0.15, -0.1) is 0 Å². The van der Waals surface area contributed by atoms with E-state index in [9.17, 15) is 8.78 Å². The maximum atomic E-state index is 13.5. The van der Waals surface area contributed by atoms with Gasteiger partial charge in [0, 0.05) is 31.6 Å². The molecule has 158 valence electrons. The molecule has 6 nitrogen and oxygen atoms in total. The lowest BCUT2D eigenvalue weighted by Crippen LogP contribution is -2.35. The monoisotopic (exact) mass is 405 g/mol. The summed E-state index contributed by atoms with van der Waals surface area (Å²) in [5.41, 5.74) is 1.91. The van der Waals surface area contributed by atoms with E-state index >= 15 is 0 Å². The summed E-state index contributed by atoms with van der Waals surface area (Å²) in [5, 5.41) is 11.2. The molecule has 1 unspecified atom stereocenters. The summed E-state index contributed by atoms with van der Waals surface area (Å²) in [6.45, 7) is 4.34. The molecule has 2 fully saturated rings. The van der Waals surface area contributed by atoms with E-state index < -0.39 is 5.92 Å². The first-order valence-corrected chi connectivity index (χ1v) is 10.5. The quantitative estimate of drug-likeness (QED) is 0.765. The van der Waals surface area contributed by atoms with E-state index in [4.69, 9.17) is 4.74 Å². The Bertz CT molecular complexity index is 809. The molecule has 0 spiro atoms. The van der Waals surface area contributed by atoms with Crippen molar-refractivity contribution < 1.29 is 13.5 Å².